The molecule has 28 heavy (non-hydrogen) atoms. The maximum absolute atomic E-state index is 13.0. The number of hydrogen-bond donors (Lipinski definition) is 0. The molecule has 1 aliphatic heterocycles. The first kappa shape index (κ1) is 19.0. The number of aromatic nitrogens is 4. The Morgan fingerprint density at radius 1 is 1.11 bits per heavy atom. The number of benzene rings is 1. The molecule has 2 aliphatic rings. The summed E-state index contributed by atoms with van der Waals surface area (Å²) in [6.07, 6.45) is 6.72. The highest BCUT2D eigenvalue weighted by Crippen LogP contribution is 2.28. The summed E-state index contributed by atoms with van der Waals surface area (Å²) >= 11 is 0. The van der Waals surface area contributed by atoms with Crippen LogP contribution in [0.15, 0.2) is 35.5 Å². The van der Waals surface area contributed by atoms with E-state index in [0.29, 0.717) is 44.2 Å². The van der Waals surface area contributed by atoms with E-state index in [1.54, 1.807) is 24.3 Å². The van der Waals surface area contributed by atoms with Crippen LogP contribution in [0.1, 0.15) is 32.1 Å². The van der Waals surface area contributed by atoms with Gasteiger partial charge in [0.05, 0.1) is 10.6 Å². The van der Waals surface area contributed by atoms with Gasteiger partial charge in [0, 0.05) is 32.6 Å². The average Bonchev–Trinajstić information content (AvgIpc) is 3.42. The number of nitrogens with zero attached hydrogens (tertiary/aromatic N) is 6. The van der Waals surface area contributed by atoms with E-state index in [1.807, 2.05) is 4.90 Å². The van der Waals surface area contributed by atoms with Crippen LogP contribution in [0.25, 0.3) is 5.69 Å². The lowest BCUT2D eigenvalue weighted by atomic mass is 10.0. The lowest BCUT2D eigenvalue weighted by Crippen LogP contribution is -2.50. The van der Waals surface area contributed by atoms with Crippen LogP contribution in [-0.2, 0) is 14.8 Å². The minimum absolute atomic E-state index is 0.157. The van der Waals surface area contributed by atoms with Crippen molar-refractivity contribution in [2.45, 2.75) is 37.0 Å². The highest BCUT2D eigenvalue weighted by molar-refractivity contribution is 7.89. The summed E-state index contributed by atoms with van der Waals surface area (Å²) in [6, 6.07) is 6.55. The number of carbonyl (C=O) groups excluding carboxylic acids is 1. The van der Waals surface area contributed by atoms with Gasteiger partial charge >= 0.3 is 0 Å². The van der Waals surface area contributed by atoms with Crippen molar-refractivity contribution in [3.63, 3.8) is 0 Å². The highest BCUT2D eigenvalue weighted by Gasteiger charge is 2.31. The lowest BCUT2D eigenvalue weighted by molar-refractivity contribution is -0.133. The molecular formula is C18H24N6O3S. The second-order valence-corrected chi connectivity index (χ2v) is 9.33. The molecule has 4 rings (SSSR count). The standard InChI is InChI=1S/C18H24N6O3S/c25-18(12-15-4-1-2-5-15)22-8-10-23(11-9-22)28(26,27)17-7-3-6-16(13-17)24-14-19-20-21-24/h3,6-7,13-15H,1-2,4-5,8-12H2. The molecule has 2 fully saturated rings. The molecule has 150 valence electrons. The first-order chi connectivity index (χ1) is 13.5. The zero-order valence-electron chi connectivity index (χ0n) is 15.6. The third kappa shape index (κ3) is 3.93. The van der Waals surface area contributed by atoms with E-state index >= 15 is 0 Å². The van der Waals surface area contributed by atoms with Gasteiger partial charge in [-0.2, -0.15) is 4.31 Å². The van der Waals surface area contributed by atoms with Crippen LogP contribution in [0.3, 0.4) is 0 Å². The van der Waals surface area contributed by atoms with Gasteiger partial charge in [-0.3, -0.25) is 4.79 Å². The minimum atomic E-state index is -3.63. The molecule has 1 aliphatic carbocycles. The summed E-state index contributed by atoms with van der Waals surface area (Å²) in [4.78, 5) is 14.5. The maximum Gasteiger partial charge on any atom is 0.243 e. The summed E-state index contributed by atoms with van der Waals surface area (Å²) in [7, 11) is -3.63. The quantitative estimate of drug-likeness (QED) is 0.739. The largest absolute Gasteiger partial charge is 0.340 e. The predicted molar refractivity (Wildman–Crippen MR) is 101 cm³/mol. The van der Waals surface area contributed by atoms with Gasteiger partial charge in [0.2, 0.25) is 15.9 Å². The van der Waals surface area contributed by atoms with Crippen molar-refractivity contribution in [1.82, 2.24) is 29.4 Å². The van der Waals surface area contributed by atoms with Crippen LogP contribution in [-0.4, -0.2) is 69.9 Å². The van der Waals surface area contributed by atoms with Crippen LogP contribution in [0, 0.1) is 5.92 Å². The van der Waals surface area contributed by atoms with Crippen LogP contribution in [0.5, 0.6) is 0 Å². The molecule has 10 heteroatoms. The predicted octanol–water partition coefficient (Wildman–Crippen LogP) is 1.08. The van der Waals surface area contributed by atoms with E-state index in [1.165, 1.54) is 28.2 Å². The summed E-state index contributed by atoms with van der Waals surface area (Å²) in [5.41, 5.74) is 0.580. The van der Waals surface area contributed by atoms with E-state index in [0.717, 1.165) is 12.8 Å². The van der Waals surface area contributed by atoms with E-state index in [9.17, 15) is 13.2 Å². The Labute approximate surface area is 164 Å². The van der Waals surface area contributed by atoms with Gasteiger partial charge in [-0.05, 0) is 47.4 Å². The lowest BCUT2D eigenvalue weighted by Gasteiger charge is -2.34. The molecule has 0 unspecified atom stereocenters. The van der Waals surface area contributed by atoms with Gasteiger partial charge in [0.15, 0.2) is 0 Å². The summed E-state index contributed by atoms with van der Waals surface area (Å²) in [6.45, 7) is 1.51. The van der Waals surface area contributed by atoms with Crippen molar-refractivity contribution >= 4 is 15.9 Å². The molecule has 2 heterocycles. The molecule has 1 aromatic heterocycles. The van der Waals surface area contributed by atoms with E-state index in [-0.39, 0.29) is 10.8 Å². The first-order valence-corrected chi connectivity index (χ1v) is 11.1. The third-order valence-electron chi connectivity index (χ3n) is 5.60. The molecule has 0 N–H and O–H groups in total. The molecule has 0 radical (unpaired) electrons. The second-order valence-electron chi connectivity index (χ2n) is 7.39. The summed E-state index contributed by atoms with van der Waals surface area (Å²) < 4.78 is 28.9. The molecule has 1 aromatic carbocycles. The smallest absolute Gasteiger partial charge is 0.243 e. The second kappa shape index (κ2) is 7.96. The van der Waals surface area contributed by atoms with E-state index in [4.69, 9.17) is 0 Å². The zero-order valence-corrected chi connectivity index (χ0v) is 16.5. The fourth-order valence-electron chi connectivity index (χ4n) is 3.98. The third-order valence-corrected chi connectivity index (χ3v) is 7.49. The monoisotopic (exact) mass is 404 g/mol. The number of rotatable bonds is 5. The van der Waals surface area contributed by atoms with Crippen LogP contribution in [0.2, 0.25) is 0 Å². The minimum Gasteiger partial charge on any atom is -0.340 e. The van der Waals surface area contributed by atoms with Crippen LogP contribution >= 0.6 is 0 Å². The molecule has 1 saturated heterocycles. The van der Waals surface area contributed by atoms with Crippen molar-refractivity contribution in [2.75, 3.05) is 26.2 Å². The van der Waals surface area contributed by atoms with Crippen molar-refractivity contribution in [3.8, 4) is 5.69 Å². The first-order valence-electron chi connectivity index (χ1n) is 9.65. The van der Waals surface area contributed by atoms with Crippen molar-refractivity contribution in [2.24, 2.45) is 5.92 Å². The van der Waals surface area contributed by atoms with Gasteiger partial charge < -0.3 is 4.90 Å². The zero-order chi connectivity index (χ0) is 19.6. The number of sulfonamides is 1. The van der Waals surface area contributed by atoms with Gasteiger partial charge in [-0.15, -0.1) is 5.10 Å². The number of tetrazole rings is 1. The van der Waals surface area contributed by atoms with E-state index in [2.05, 4.69) is 15.5 Å². The van der Waals surface area contributed by atoms with Gasteiger partial charge in [0.25, 0.3) is 0 Å². The Hall–Kier alpha value is -2.33. The summed E-state index contributed by atoms with van der Waals surface area (Å²) in [5.74, 6) is 0.660. The maximum atomic E-state index is 13.0. The normalized spacial score (nSPS) is 19.2. The van der Waals surface area contributed by atoms with Crippen LogP contribution < -0.4 is 0 Å². The molecule has 0 spiro atoms. The fraction of sp³-hybridized carbons (Fsp3) is 0.556. The molecule has 9 nitrogen and oxygen atoms in total. The van der Waals surface area contributed by atoms with Gasteiger partial charge in [-0.25, -0.2) is 13.1 Å². The highest BCUT2D eigenvalue weighted by atomic mass is 32.2. The molecule has 1 saturated carbocycles. The number of amides is 1. The fourth-order valence-corrected chi connectivity index (χ4v) is 5.45. The molecule has 0 atom stereocenters. The number of carbonyl (C=O) groups is 1. The average molecular weight is 404 g/mol. The van der Waals surface area contributed by atoms with Crippen molar-refractivity contribution < 1.29 is 13.2 Å². The Balaban J connectivity index is 1.41. The van der Waals surface area contributed by atoms with Gasteiger partial charge in [-0.1, -0.05) is 18.9 Å². The summed E-state index contributed by atoms with van der Waals surface area (Å²) in [5, 5.41) is 10.9. The molecule has 1 amide bonds. The topological polar surface area (TPSA) is 101 Å². The van der Waals surface area contributed by atoms with Crippen LogP contribution in [0.4, 0.5) is 0 Å². The van der Waals surface area contributed by atoms with Crippen molar-refractivity contribution in [1.29, 1.82) is 0 Å². The number of piperazine rings is 1. The van der Waals surface area contributed by atoms with Crippen molar-refractivity contribution in [3.05, 3.63) is 30.6 Å². The Kier molecular flexibility index (Phi) is 5.40. The van der Waals surface area contributed by atoms with Gasteiger partial charge in [0.1, 0.15) is 6.33 Å². The van der Waals surface area contributed by atoms with E-state index < -0.39 is 10.0 Å². The molecule has 0 bridgehead atoms. The molecular weight excluding hydrogens is 380 g/mol. The Bertz CT molecular complexity index is 917. The number of hydrogen-bond acceptors (Lipinski definition) is 6. The SMILES string of the molecule is O=C(CC1CCCC1)N1CCN(S(=O)(=O)c2cccc(-n3cnnn3)c2)CC1. The molecule has 2 aromatic rings. The Morgan fingerprint density at radius 2 is 1.86 bits per heavy atom. The Morgan fingerprint density at radius 3 is 2.54 bits per heavy atom.